The SMILES string of the molecule is C1CCN(CCNC2CCCCC2C2CCCCN2)CC1. The van der Waals surface area contributed by atoms with Crippen LogP contribution in [0, 0.1) is 5.92 Å². The standard InChI is InChI=1S/C18H35N3/c1-6-13-21(14-7-1)15-12-20-18-9-3-2-8-16(18)17-10-4-5-11-19-17/h16-20H,1-15H2. The van der Waals surface area contributed by atoms with Gasteiger partial charge in [0.05, 0.1) is 0 Å². The third-order valence-electron chi connectivity index (χ3n) is 5.97. The average Bonchev–Trinajstić information content (AvgIpc) is 2.57. The van der Waals surface area contributed by atoms with Gasteiger partial charge in [0.25, 0.3) is 0 Å². The summed E-state index contributed by atoms with van der Waals surface area (Å²) in [4.78, 5) is 2.66. The van der Waals surface area contributed by atoms with Crippen LogP contribution in [0.5, 0.6) is 0 Å². The van der Waals surface area contributed by atoms with Gasteiger partial charge in [-0.3, -0.25) is 0 Å². The lowest BCUT2D eigenvalue weighted by molar-refractivity contribution is 0.171. The molecule has 2 heterocycles. The lowest BCUT2D eigenvalue weighted by Gasteiger charge is -2.40. The summed E-state index contributed by atoms with van der Waals surface area (Å²) in [6.07, 6.45) is 14.2. The lowest BCUT2D eigenvalue weighted by Crippen LogP contribution is -2.51. The highest BCUT2D eigenvalue weighted by molar-refractivity contribution is 4.90. The molecule has 3 unspecified atom stereocenters. The Kier molecular flexibility index (Phi) is 6.38. The maximum Gasteiger partial charge on any atom is 0.0111 e. The molecule has 0 radical (unpaired) electrons. The Bertz CT molecular complexity index is 282. The van der Waals surface area contributed by atoms with Gasteiger partial charge in [0.2, 0.25) is 0 Å². The average molecular weight is 293 g/mol. The smallest absolute Gasteiger partial charge is 0.0111 e. The van der Waals surface area contributed by atoms with Crippen LogP contribution in [0.2, 0.25) is 0 Å². The first kappa shape index (κ1) is 15.8. The van der Waals surface area contributed by atoms with Crippen LogP contribution in [0.4, 0.5) is 0 Å². The minimum atomic E-state index is 0.777. The first-order chi connectivity index (χ1) is 10.4. The van der Waals surface area contributed by atoms with Gasteiger partial charge in [-0.1, -0.05) is 25.7 Å². The van der Waals surface area contributed by atoms with Crippen molar-refractivity contribution in [2.75, 3.05) is 32.7 Å². The van der Waals surface area contributed by atoms with Crippen molar-refractivity contribution in [2.45, 2.75) is 76.3 Å². The van der Waals surface area contributed by atoms with E-state index in [9.17, 15) is 0 Å². The Morgan fingerprint density at radius 1 is 0.857 bits per heavy atom. The molecule has 3 fully saturated rings. The van der Waals surface area contributed by atoms with Crippen molar-refractivity contribution in [1.82, 2.24) is 15.5 Å². The van der Waals surface area contributed by atoms with Crippen molar-refractivity contribution < 1.29 is 0 Å². The second kappa shape index (κ2) is 8.50. The van der Waals surface area contributed by atoms with Gasteiger partial charge in [-0.2, -0.15) is 0 Å². The second-order valence-electron chi connectivity index (χ2n) is 7.47. The van der Waals surface area contributed by atoms with E-state index in [1.165, 1.54) is 96.9 Å². The van der Waals surface area contributed by atoms with Crippen molar-refractivity contribution in [1.29, 1.82) is 0 Å². The Balaban J connectivity index is 1.42. The molecule has 122 valence electrons. The topological polar surface area (TPSA) is 27.3 Å². The molecule has 0 aromatic rings. The van der Waals surface area contributed by atoms with E-state index in [1.807, 2.05) is 0 Å². The zero-order chi connectivity index (χ0) is 14.3. The summed E-state index contributed by atoms with van der Waals surface area (Å²) < 4.78 is 0. The van der Waals surface area contributed by atoms with Crippen LogP contribution in [0.1, 0.15) is 64.2 Å². The first-order valence-corrected chi connectivity index (χ1v) is 9.62. The number of nitrogens with zero attached hydrogens (tertiary/aromatic N) is 1. The van der Waals surface area contributed by atoms with E-state index in [0.717, 1.165) is 18.0 Å². The highest BCUT2D eigenvalue weighted by Gasteiger charge is 2.32. The van der Waals surface area contributed by atoms with E-state index in [-0.39, 0.29) is 0 Å². The fourth-order valence-electron chi connectivity index (χ4n) is 4.73. The monoisotopic (exact) mass is 293 g/mol. The molecular formula is C18H35N3. The molecule has 1 aliphatic carbocycles. The fraction of sp³-hybridized carbons (Fsp3) is 1.00. The minimum Gasteiger partial charge on any atom is -0.314 e. The number of nitrogens with one attached hydrogen (secondary N) is 2. The van der Waals surface area contributed by atoms with Gasteiger partial charge in [-0.05, 0) is 64.1 Å². The molecule has 3 aliphatic rings. The van der Waals surface area contributed by atoms with Gasteiger partial charge in [0, 0.05) is 25.2 Å². The Hall–Kier alpha value is -0.120. The molecule has 3 heteroatoms. The van der Waals surface area contributed by atoms with Crippen LogP contribution in [0.15, 0.2) is 0 Å². The van der Waals surface area contributed by atoms with E-state index in [2.05, 4.69) is 15.5 Å². The molecule has 1 saturated carbocycles. The van der Waals surface area contributed by atoms with Gasteiger partial charge in [-0.25, -0.2) is 0 Å². The Morgan fingerprint density at radius 2 is 1.67 bits per heavy atom. The third-order valence-corrected chi connectivity index (χ3v) is 5.97. The molecule has 21 heavy (non-hydrogen) atoms. The largest absolute Gasteiger partial charge is 0.314 e. The van der Waals surface area contributed by atoms with Crippen LogP contribution in [0.3, 0.4) is 0 Å². The third kappa shape index (κ3) is 4.67. The zero-order valence-electron chi connectivity index (χ0n) is 13.8. The molecule has 3 atom stereocenters. The van der Waals surface area contributed by atoms with Crippen LogP contribution < -0.4 is 10.6 Å². The summed E-state index contributed by atoms with van der Waals surface area (Å²) in [6.45, 7) is 6.39. The molecule has 2 aliphatic heterocycles. The molecular weight excluding hydrogens is 258 g/mol. The van der Waals surface area contributed by atoms with Crippen LogP contribution >= 0.6 is 0 Å². The maximum absolute atomic E-state index is 3.93. The maximum atomic E-state index is 3.93. The highest BCUT2D eigenvalue weighted by atomic mass is 15.1. The van der Waals surface area contributed by atoms with E-state index in [4.69, 9.17) is 0 Å². The van der Waals surface area contributed by atoms with E-state index >= 15 is 0 Å². The minimum absolute atomic E-state index is 0.777. The molecule has 3 nitrogen and oxygen atoms in total. The number of hydrogen-bond donors (Lipinski definition) is 2. The van der Waals surface area contributed by atoms with Crippen molar-refractivity contribution >= 4 is 0 Å². The molecule has 0 aromatic carbocycles. The zero-order valence-corrected chi connectivity index (χ0v) is 13.8. The Morgan fingerprint density at radius 3 is 2.48 bits per heavy atom. The van der Waals surface area contributed by atoms with E-state index < -0.39 is 0 Å². The first-order valence-electron chi connectivity index (χ1n) is 9.62. The number of piperidine rings is 2. The summed E-state index contributed by atoms with van der Waals surface area (Å²) in [5.74, 6) is 0.889. The lowest BCUT2D eigenvalue weighted by atomic mass is 9.77. The van der Waals surface area contributed by atoms with Crippen LogP contribution in [-0.4, -0.2) is 49.7 Å². The summed E-state index contributed by atoms with van der Waals surface area (Å²) in [5.41, 5.74) is 0. The number of hydrogen-bond acceptors (Lipinski definition) is 3. The van der Waals surface area contributed by atoms with Crippen LogP contribution in [0.25, 0.3) is 0 Å². The summed E-state index contributed by atoms with van der Waals surface area (Å²) >= 11 is 0. The van der Waals surface area contributed by atoms with E-state index in [1.54, 1.807) is 0 Å². The highest BCUT2D eigenvalue weighted by Crippen LogP contribution is 2.30. The quantitative estimate of drug-likeness (QED) is 0.816. The predicted molar refractivity (Wildman–Crippen MR) is 89.7 cm³/mol. The van der Waals surface area contributed by atoms with Crippen molar-refractivity contribution in [3.63, 3.8) is 0 Å². The molecule has 0 bridgehead atoms. The molecule has 0 amide bonds. The number of rotatable bonds is 5. The summed E-state index contributed by atoms with van der Waals surface area (Å²) in [5, 5.41) is 7.74. The summed E-state index contributed by atoms with van der Waals surface area (Å²) in [6, 6.07) is 1.57. The van der Waals surface area contributed by atoms with Gasteiger partial charge >= 0.3 is 0 Å². The molecule has 0 spiro atoms. The molecule has 0 aromatic heterocycles. The fourth-order valence-corrected chi connectivity index (χ4v) is 4.73. The van der Waals surface area contributed by atoms with Gasteiger partial charge < -0.3 is 15.5 Å². The molecule has 2 N–H and O–H groups in total. The second-order valence-corrected chi connectivity index (χ2v) is 7.47. The number of likely N-dealkylation sites (tertiary alicyclic amines) is 1. The van der Waals surface area contributed by atoms with Crippen molar-refractivity contribution in [3.05, 3.63) is 0 Å². The Labute approximate surface area is 131 Å². The van der Waals surface area contributed by atoms with Gasteiger partial charge in [-0.15, -0.1) is 0 Å². The summed E-state index contributed by atoms with van der Waals surface area (Å²) in [7, 11) is 0. The van der Waals surface area contributed by atoms with Gasteiger partial charge in [0.1, 0.15) is 0 Å². The predicted octanol–water partition coefficient (Wildman–Crippen LogP) is 2.76. The normalized spacial score (nSPS) is 35.7. The molecule has 3 rings (SSSR count). The molecule has 2 saturated heterocycles. The van der Waals surface area contributed by atoms with E-state index in [0.29, 0.717) is 0 Å². The van der Waals surface area contributed by atoms with Crippen molar-refractivity contribution in [2.24, 2.45) is 5.92 Å². The van der Waals surface area contributed by atoms with Crippen molar-refractivity contribution in [3.8, 4) is 0 Å². The van der Waals surface area contributed by atoms with Crippen LogP contribution in [-0.2, 0) is 0 Å². The van der Waals surface area contributed by atoms with Gasteiger partial charge in [0.15, 0.2) is 0 Å².